The number of hydrogen-bond acceptors (Lipinski definition) is 1. The van der Waals surface area contributed by atoms with Gasteiger partial charge in [0.25, 0.3) is 0 Å². The standard InChI is InChI=1S/C16H16S/c1-3-11(2)12-8-9-16-14(10-12)13-6-4-5-7-15(13)17-16/h4-11H,3H2,1-2H3. The highest BCUT2D eigenvalue weighted by atomic mass is 32.1. The fraction of sp³-hybridized carbons (Fsp3) is 0.250. The second-order valence-corrected chi connectivity index (χ2v) is 5.75. The van der Waals surface area contributed by atoms with E-state index >= 15 is 0 Å². The van der Waals surface area contributed by atoms with Gasteiger partial charge in [-0.05, 0) is 36.1 Å². The summed E-state index contributed by atoms with van der Waals surface area (Å²) in [6.45, 7) is 4.55. The summed E-state index contributed by atoms with van der Waals surface area (Å²) in [5, 5.41) is 2.82. The Balaban J connectivity index is 2.30. The van der Waals surface area contributed by atoms with E-state index in [9.17, 15) is 0 Å². The van der Waals surface area contributed by atoms with Crippen LogP contribution in [0.1, 0.15) is 31.7 Å². The van der Waals surface area contributed by atoms with Gasteiger partial charge < -0.3 is 0 Å². The second-order valence-electron chi connectivity index (χ2n) is 4.66. The van der Waals surface area contributed by atoms with Gasteiger partial charge in [0, 0.05) is 20.2 Å². The molecule has 0 fully saturated rings. The monoisotopic (exact) mass is 240 g/mol. The molecular formula is C16H16S. The highest BCUT2D eigenvalue weighted by molar-refractivity contribution is 7.25. The van der Waals surface area contributed by atoms with Crippen molar-refractivity contribution < 1.29 is 0 Å². The van der Waals surface area contributed by atoms with Crippen LogP contribution in [-0.2, 0) is 0 Å². The zero-order chi connectivity index (χ0) is 11.8. The average Bonchev–Trinajstić information content (AvgIpc) is 2.75. The topological polar surface area (TPSA) is 0 Å². The minimum absolute atomic E-state index is 0.651. The lowest BCUT2D eigenvalue weighted by Gasteiger charge is -2.08. The lowest BCUT2D eigenvalue weighted by atomic mass is 9.97. The van der Waals surface area contributed by atoms with Gasteiger partial charge in [0.2, 0.25) is 0 Å². The number of benzene rings is 2. The lowest BCUT2D eigenvalue weighted by molar-refractivity contribution is 0.735. The summed E-state index contributed by atoms with van der Waals surface area (Å²) in [7, 11) is 0. The summed E-state index contributed by atoms with van der Waals surface area (Å²) < 4.78 is 2.79. The van der Waals surface area contributed by atoms with Crippen LogP contribution in [0, 0.1) is 0 Å². The van der Waals surface area contributed by atoms with E-state index in [1.54, 1.807) is 0 Å². The van der Waals surface area contributed by atoms with E-state index in [1.165, 1.54) is 32.2 Å². The maximum absolute atomic E-state index is 2.38. The summed E-state index contributed by atoms with van der Waals surface area (Å²) in [6, 6.07) is 15.6. The van der Waals surface area contributed by atoms with Gasteiger partial charge in [-0.25, -0.2) is 0 Å². The van der Waals surface area contributed by atoms with Gasteiger partial charge in [0.15, 0.2) is 0 Å². The predicted octanol–water partition coefficient (Wildman–Crippen LogP) is 5.57. The van der Waals surface area contributed by atoms with Crippen LogP contribution in [0.2, 0.25) is 0 Å². The summed E-state index contributed by atoms with van der Waals surface area (Å²) >= 11 is 1.89. The molecule has 0 aliphatic carbocycles. The fourth-order valence-corrected chi connectivity index (χ4v) is 3.37. The van der Waals surface area contributed by atoms with E-state index < -0.39 is 0 Å². The SMILES string of the molecule is CCC(C)c1ccc2sc3ccccc3c2c1. The van der Waals surface area contributed by atoms with E-state index in [0.29, 0.717) is 5.92 Å². The Bertz CT molecular complexity index is 663. The predicted molar refractivity (Wildman–Crippen MR) is 78.0 cm³/mol. The summed E-state index contributed by atoms with van der Waals surface area (Å²) in [6.07, 6.45) is 1.20. The average molecular weight is 240 g/mol. The third-order valence-corrected chi connectivity index (χ3v) is 4.73. The first-order valence-electron chi connectivity index (χ1n) is 6.21. The molecule has 0 bridgehead atoms. The van der Waals surface area contributed by atoms with Crippen LogP contribution in [-0.4, -0.2) is 0 Å². The molecule has 1 heteroatoms. The van der Waals surface area contributed by atoms with E-state index in [4.69, 9.17) is 0 Å². The zero-order valence-corrected chi connectivity index (χ0v) is 11.1. The van der Waals surface area contributed by atoms with Crippen molar-refractivity contribution in [1.29, 1.82) is 0 Å². The molecular weight excluding hydrogens is 224 g/mol. The number of fused-ring (bicyclic) bond motifs is 3. The van der Waals surface area contributed by atoms with Gasteiger partial charge in [-0.3, -0.25) is 0 Å². The molecule has 3 rings (SSSR count). The van der Waals surface area contributed by atoms with E-state index in [1.807, 2.05) is 11.3 Å². The Labute approximate surface area is 106 Å². The molecule has 17 heavy (non-hydrogen) atoms. The van der Waals surface area contributed by atoms with Crippen molar-refractivity contribution in [2.24, 2.45) is 0 Å². The molecule has 1 aromatic heterocycles. The third kappa shape index (κ3) is 1.75. The fourth-order valence-electron chi connectivity index (χ4n) is 2.29. The van der Waals surface area contributed by atoms with Gasteiger partial charge in [-0.2, -0.15) is 0 Å². The van der Waals surface area contributed by atoms with Crippen LogP contribution < -0.4 is 0 Å². The molecule has 3 aromatic rings. The quantitative estimate of drug-likeness (QED) is 0.549. The summed E-state index contributed by atoms with van der Waals surface area (Å²) in [5.74, 6) is 0.651. The van der Waals surface area contributed by atoms with Crippen LogP contribution in [0.25, 0.3) is 20.2 Å². The van der Waals surface area contributed by atoms with Crippen molar-refractivity contribution in [3.63, 3.8) is 0 Å². The van der Waals surface area contributed by atoms with Gasteiger partial charge in [0.1, 0.15) is 0 Å². The van der Waals surface area contributed by atoms with Crippen molar-refractivity contribution in [3.05, 3.63) is 48.0 Å². The molecule has 0 nitrogen and oxygen atoms in total. The number of hydrogen-bond donors (Lipinski definition) is 0. The van der Waals surface area contributed by atoms with Gasteiger partial charge in [-0.1, -0.05) is 38.1 Å². The van der Waals surface area contributed by atoms with E-state index in [2.05, 4.69) is 56.3 Å². The normalized spacial score (nSPS) is 13.3. The van der Waals surface area contributed by atoms with Crippen LogP contribution in [0.4, 0.5) is 0 Å². The maximum atomic E-state index is 2.38. The zero-order valence-electron chi connectivity index (χ0n) is 10.2. The molecule has 0 aliphatic heterocycles. The van der Waals surface area contributed by atoms with E-state index in [-0.39, 0.29) is 0 Å². The molecule has 0 saturated heterocycles. The van der Waals surface area contributed by atoms with Gasteiger partial charge in [-0.15, -0.1) is 11.3 Å². The lowest BCUT2D eigenvalue weighted by Crippen LogP contribution is -1.89. The van der Waals surface area contributed by atoms with Gasteiger partial charge in [0.05, 0.1) is 0 Å². The minimum Gasteiger partial charge on any atom is -0.135 e. The summed E-state index contributed by atoms with van der Waals surface area (Å²) in [5.41, 5.74) is 1.46. The van der Waals surface area contributed by atoms with Crippen LogP contribution in [0.15, 0.2) is 42.5 Å². The third-order valence-electron chi connectivity index (χ3n) is 3.58. The second kappa shape index (κ2) is 4.15. The first kappa shape index (κ1) is 10.8. The molecule has 2 aromatic carbocycles. The van der Waals surface area contributed by atoms with Crippen molar-refractivity contribution in [2.45, 2.75) is 26.2 Å². The molecule has 0 amide bonds. The molecule has 1 heterocycles. The van der Waals surface area contributed by atoms with E-state index in [0.717, 1.165) is 0 Å². The first-order valence-corrected chi connectivity index (χ1v) is 7.02. The Hall–Kier alpha value is -1.34. The minimum atomic E-state index is 0.651. The summed E-state index contributed by atoms with van der Waals surface area (Å²) in [4.78, 5) is 0. The van der Waals surface area contributed by atoms with Crippen LogP contribution in [0.3, 0.4) is 0 Å². The molecule has 1 atom stereocenters. The number of rotatable bonds is 2. The van der Waals surface area contributed by atoms with Crippen LogP contribution >= 0.6 is 11.3 Å². The molecule has 1 unspecified atom stereocenters. The Morgan fingerprint density at radius 2 is 1.76 bits per heavy atom. The Morgan fingerprint density at radius 3 is 2.59 bits per heavy atom. The highest BCUT2D eigenvalue weighted by Crippen LogP contribution is 2.35. The molecule has 0 radical (unpaired) electrons. The highest BCUT2D eigenvalue weighted by Gasteiger charge is 2.08. The molecule has 0 saturated carbocycles. The van der Waals surface area contributed by atoms with Crippen molar-refractivity contribution >= 4 is 31.5 Å². The largest absolute Gasteiger partial charge is 0.135 e. The molecule has 0 N–H and O–H groups in total. The van der Waals surface area contributed by atoms with Gasteiger partial charge >= 0.3 is 0 Å². The number of thiophene rings is 1. The van der Waals surface area contributed by atoms with Crippen molar-refractivity contribution in [1.82, 2.24) is 0 Å². The van der Waals surface area contributed by atoms with Crippen molar-refractivity contribution in [3.8, 4) is 0 Å². The smallest absolute Gasteiger partial charge is 0.0355 e. The Morgan fingerprint density at radius 1 is 1.00 bits per heavy atom. The Kier molecular flexibility index (Phi) is 2.64. The first-order chi connectivity index (χ1) is 8.29. The van der Waals surface area contributed by atoms with Crippen LogP contribution in [0.5, 0.6) is 0 Å². The van der Waals surface area contributed by atoms with Crippen molar-refractivity contribution in [2.75, 3.05) is 0 Å². The molecule has 0 spiro atoms. The maximum Gasteiger partial charge on any atom is 0.0355 e. The molecule has 0 aliphatic rings. The molecule has 86 valence electrons.